The number of nitrogens with zero attached hydrogens (tertiary/aromatic N) is 3. The van der Waals surface area contributed by atoms with E-state index in [1.54, 1.807) is 0 Å². The molecule has 0 saturated heterocycles. The first kappa shape index (κ1) is 14.5. The predicted octanol–water partition coefficient (Wildman–Crippen LogP) is 4.22. The molecule has 116 valence electrons. The monoisotopic (exact) mass is 342 g/mol. The first-order chi connectivity index (χ1) is 11.1. The van der Waals surface area contributed by atoms with Gasteiger partial charge in [0.05, 0.1) is 11.0 Å². The molecule has 0 unspecified atom stereocenters. The predicted molar refractivity (Wildman–Crippen MR) is 99.5 cm³/mol. The molecule has 0 aliphatic carbocycles. The zero-order valence-corrected chi connectivity index (χ0v) is 14.2. The van der Waals surface area contributed by atoms with Crippen LogP contribution in [0.4, 0.5) is 11.6 Å². The van der Waals surface area contributed by atoms with Crippen molar-refractivity contribution in [2.24, 2.45) is 0 Å². The highest BCUT2D eigenvalue weighted by atomic mass is 35.5. The standard InChI is InChI=1S/C17H15ClN4S/c1-11-12(18)5-4-7-13(11)20-17(23)22-10-9-21-15-8-3-2-6-14(15)19-16(21)22/h2-8H,9-10H2,1H3,(H,20,23). The van der Waals surface area contributed by atoms with E-state index >= 15 is 0 Å². The Morgan fingerprint density at radius 1 is 1.17 bits per heavy atom. The van der Waals surface area contributed by atoms with Gasteiger partial charge in [-0.3, -0.25) is 4.90 Å². The lowest BCUT2D eigenvalue weighted by Gasteiger charge is -2.19. The van der Waals surface area contributed by atoms with E-state index in [0.717, 1.165) is 46.3 Å². The van der Waals surface area contributed by atoms with E-state index in [1.165, 1.54) is 0 Å². The summed E-state index contributed by atoms with van der Waals surface area (Å²) in [5, 5.41) is 4.67. The van der Waals surface area contributed by atoms with E-state index in [1.807, 2.05) is 48.2 Å². The molecule has 0 bridgehead atoms. The van der Waals surface area contributed by atoms with Crippen molar-refractivity contribution in [3.05, 3.63) is 53.1 Å². The number of fused-ring (bicyclic) bond motifs is 3. The van der Waals surface area contributed by atoms with Gasteiger partial charge in [0.25, 0.3) is 0 Å². The molecule has 1 aromatic heterocycles. The highest BCUT2D eigenvalue weighted by molar-refractivity contribution is 7.80. The maximum absolute atomic E-state index is 6.18. The Morgan fingerprint density at radius 2 is 2.00 bits per heavy atom. The van der Waals surface area contributed by atoms with Gasteiger partial charge < -0.3 is 9.88 Å². The summed E-state index contributed by atoms with van der Waals surface area (Å²) in [6.45, 7) is 3.68. The van der Waals surface area contributed by atoms with E-state index in [-0.39, 0.29) is 0 Å². The molecule has 0 radical (unpaired) electrons. The summed E-state index contributed by atoms with van der Waals surface area (Å²) < 4.78 is 2.20. The number of aromatic nitrogens is 2. The van der Waals surface area contributed by atoms with Crippen molar-refractivity contribution < 1.29 is 0 Å². The second-order valence-corrected chi connectivity index (χ2v) is 6.34. The Bertz CT molecular complexity index is 918. The molecule has 1 aliphatic heterocycles. The van der Waals surface area contributed by atoms with Crippen LogP contribution in [0.5, 0.6) is 0 Å². The number of halogens is 1. The lowest BCUT2D eigenvalue weighted by molar-refractivity contribution is 0.829. The number of rotatable bonds is 1. The lowest BCUT2D eigenvalue weighted by atomic mass is 10.2. The fourth-order valence-corrected chi connectivity index (χ4v) is 3.36. The molecule has 23 heavy (non-hydrogen) atoms. The first-order valence-corrected chi connectivity index (χ1v) is 8.22. The number of imidazole rings is 1. The van der Waals surface area contributed by atoms with E-state index in [9.17, 15) is 0 Å². The zero-order chi connectivity index (χ0) is 16.0. The van der Waals surface area contributed by atoms with Crippen LogP contribution in [0.2, 0.25) is 5.02 Å². The largest absolute Gasteiger partial charge is 0.332 e. The van der Waals surface area contributed by atoms with Gasteiger partial charge in [-0.05, 0) is 49.0 Å². The van der Waals surface area contributed by atoms with Crippen LogP contribution in [0.25, 0.3) is 11.0 Å². The van der Waals surface area contributed by atoms with Gasteiger partial charge in [-0.2, -0.15) is 0 Å². The Labute approximate surface area is 144 Å². The minimum Gasteiger partial charge on any atom is -0.332 e. The number of para-hydroxylation sites is 2. The van der Waals surface area contributed by atoms with Crippen LogP contribution in [0, 0.1) is 6.92 Å². The number of hydrogen-bond acceptors (Lipinski definition) is 2. The van der Waals surface area contributed by atoms with Gasteiger partial charge in [0.1, 0.15) is 0 Å². The van der Waals surface area contributed by atoms with Gasteiger partial charge in [0.15, 0.2) is 5.11 Å². The summed E-state index contributed by atoms with van der Waals surface area (Å²) in [6, 6.07) is 13.9. The van der Waals surface area contributed by atoms with E-state index in [4.69, 9.17) is 28.8 Å². The molecule has 2 aromatic carbocycles. The Balaban J connectivity index is 1.65. The van der Waals surface area contributed by atoms with Crippen molar-refractivity contribution >= 4 is 51.6 Å². The van der Waals surface area contributed by atoms with E-state index in [2.05, 4.69) is 16.0 Å². The van der Waals surface area contributed by atoms with Crippen LogP contribution >= 0.6 is 23.8 Å². The van der Waals surface area contributed by atoms with Crippen molar-refractivity contribution in [3.63, 3.8) is 0 Å². The molecular weight excluding hydrogens is 328 g/mol. The van der Waals surface area contributed by atoms with Crippen molar-refractivity contribution in [1.29, 1.82) is 0 Å². The number of hydrogen-bond donors (Lipinski definition) is 1. The summed E-state index contributed by atoms with van der Waals surface area (Å²) in [5.41, 5.74) is 4.06. The Hall–Kier alpha value is -2.11. The van der Waals surface area contributed by atoms with Gasteiger partial charge >= 0.3 is 0 Å². The summed E-state index contributed by atoms with van der Waals surface area (Å²) in [5.74, 6) is 0.892. The molecule has 2 heterocycles. The smallest absolute Gasteiger partial charge is 0.213 e. The van der Waals surface area contributed by atoms with Gasteiger partial charge in [0.2, 0.25) is 5.95 Å². The average molecular weight is 343 g/mol. The molecule has 0 amide bonds. The van der Waals surface area contributed by atoms with Crippen molar-refractivity contribution in [3.8, 4) is 0 Å². The third-order valence-corrected chi connectivity index (χ3v) is 4.91. The van der Waals surface area contributed by atoms with Crippen LogP contribution in [-0.2, 0) is 6.54 Å². The first-order valence-electron chi connectivity index (χ1n) is 7.44. The topological polar surface area (TPSA) is 33.1 Å². The van der Waals surface area contributed by atoms with E-state index < -0.39 is 0 Å². The number of thiocarbonyl (C=S) groups is 1. The molecule has 0 spiro atoms. The SMILES string of the molecule is Cc1c(Cl)cccc1NC(=S)N1CCn2c1nc1ccccc12. The minimum absolute atomic E-state index is 0.643. The molecule has 4 nitrogen and oxygen atoms in total. The molecular formula is C17H15ClN4S. The van der Waals surface area contributed by atoms with Crippen LogP contribution in [0.1, 0.15) is 5.56 Å². The molecule has 0 fully saturated rings. The Kier molecular flexibility index (Phi) is 3.47. The van der Waals surface area contributed by atoms with Gasteiger partial charge in [-0.25, -0.2) is 4.98 Å². The summed E-state index contributed by atoms with van der Waals surface area (Å²) in [4.78, 5) is 6.75. The quantitative estimate of drug-likeness (QED) is 0.671. The maximum atomic E-state index is 6.18. The van der Waals surface area contributed by atoms with Crippen molar-refractivity contribution in [2.45, 2.75) is 13.5 Å². The van der Waals surface area contributed by atoms with Crippen LogP contribution in [0.15, 0.2) is 42.5 Å². The number of anilines is 2. The average Bonchev–Trinajstić information content (AvgIpc) is 3.10. The molecule has 6 heteroatoms. The normalized spacial score (nSPS) is 13.4. The van der Waals surface area contributed by atoms with Crippen LogP contribution < -0.4 is 10.2 Å². The highest BCUT2D eigenvalue weighted by Gasteiger charge is 2.26. The van der Waals surface area contributed by atoms with Crippen LogP contribution in [0.3, 0.4) is 0 Å². The Morgan fingerprint density at radius 3 is 2.87 bits per heavy atom. The molecule has 3 aromatic rings. The highest BCUT2D eigenvalue weighted by Crippen LogP contribution is 2.29. The molecule has 0 saturated carbocycles. The number of benzene rings is 2. The second-order valence-electron chi connectivity index (χ2n) is 5.55. The van der Waals surface area contributed by atoms with Gasteiger partial charge in [0, 0.05) is 23.8 Å². The van der Waals surface area contributed by atoms with Crippen molar-refractivity contribution in [2.75, 3.05) is 16.8 Å². The molecule has 0 atom stereocenters. The lowest BCUT2D eigenvalue weighted by Crippen LogP contribution is -2.33. The third kappa shape index (κ3) is 2.36. The van der Waals surface area contributed by atoms with Crippen LogP contribution in [-0.4, -0.2) is 21.2 Å². The fraction of sp³-hybridized carbons (Fsp3) is 0.176. The zero-order valence-electron chi connectivity index (χ0n) is 12.6. The molecule has 4 rings (SSSR count). The van der Waals surface area contributed by atoms with Gasteiger partial charge in [-0.1, -0.05) is 29.8 Å². The minimum atomic E-state index is 0.643. The second kappa shape index (κ2) is 5.51. The van der Waals surface area contributed by atoms with Gasteiger partial charge in [-0.15, -0.1) is 0 Å². The van der Waals surface area contributed by atoms with E-state index in [0.29, 0.717) is 5.11 Å². The number of nitrogens with one attached hydrogen (secondary N) is 1. The maximum Gasteiger partial charge on any atom is 0.213 e. The summed E-state index contributed by atoms with van der Waals surface area (Å²) in [7, 11) is 0. The third-order valence-electron chi connectivity index (χ3n) is 4.18. The van der Waals surface area contributed by atoms with Crippen molar-refractivity contribution in [1.82, 2.24) is 9.55 Å². The summed E-state index contributed by atoms with van der Waals surface area (Å²) >= 11 is 11.8. The molecule has 1 aliphatic rings. The summed E-state index contributed by atoms with van der Waals surface area (Å²) in [6.07, 6.45) is 0. The molecule has 1 N–H and O–H groups in total. The fourth-order valence-electron chi connectivity index (χ4n) is 2.91.